The molecule has 1 nitrogen and oxygen atoms in total. The van der Waals surface area contributed by atoms with Gasteiger partial charge in [-0.1, -0.05) is 5.57 Å². The largest absolute Gasteiger partial charge is 0.328 e. The third-order valence-electron chi connectivity index (χ3n) is 2.56. The third-order valence-corrected chi connectivity index (χ3v) is 2.56. The van der Waals surface area contributed by atoms with Gasteiger partial charge in [0.2, 0.25) is 0 Å². The Kier molecular flexibility index (Phi) is 3.13. The molecule has 2 unspecified atom stereocenters. The highest BCUT2D eigenvalue weighted by molar-refractivity contribution is 4.89. The van der Waals surface area contributed by atoms with E-state index in [1.165, 1.54) is 37.7 Å². The van der Waals surface area contributed by atoms with E-state index in [9.17, 15) is 0 Å². The monoisotopic (exact) mass is 153 g/mol. The molecule has 0 aliphatic heterocycles. The first-order chi connectivity index (χ1) is 5.18. The summed E-state index contributed by atoms with van der Waals surface area (Å²) in [6.45, 7) is 6.01. The lowest BCUT2D eigenvalue weighted by Crippen LogP contribution is -2.14. The predicted molar refractivity (Wildman–Crippen MR) is 49.4 cm³/mol. The van der Waals surface area contributed by atoms with Gasteiger partial charge in [0, 0.05) is 6.04 Å². The van der Waals surface area contributed by atoms with E-state index in [1.807, 2.05) is 0 Å². The van der Waals surface area contributed by atoms with Gasteiger partial charge in [0.15, 0.2) is 0 Å². The fourth-order valence-electron chi connectivity index (χ4n) is 1.83. The van der Waals surface area contributed by atoms with Crippen LogP contribution >= 0.6 is 0 Å². The Bertz CT molecular complexity index is 140. The van der Waals surface area contributed by atoms with E-state index in [1.54, 1.807) is 0 Å². The molecule has 1 heteroatoms. The Balaban J connectivity index is 2.13. The Morgan fingerprint density at radius 1 is 1.55 bits per heavy atom. The van der Waals surface area contributed by atoms with Crippen molar-refractivity contribution >= 4 is 0 Å². The smallest absolute Gasteiger partial charge is 0.00415 e. The predicted octanol–water partition coefficient (Wildman–Crippen LogP) is 2.47. The van der Waals surface area contributed by atoms with Crippen molar-refractivity contribution in [3.8, 4) is 0 Å². The van der Waals surface area contributed by atoms with Crippen LogP contribution < -0.4 is 5.73 Å². The van der Waals surface area contributed by atoms with Crippen LogP contribution in [0.15, 0.2) is 12.2 Å². The lowest BCUT2D eigenvalue weighted by atomic mass is 9.99. The summed E-state index contributed by atoms with van der Waals surface area (Å²) in [4.78, 5) is 0. The van der Waals surface area contributed by atoms with Crippen molar-refractivity contribution in [1.29, 1.82) is 0 Å². The normalized spacial score (nSPS) is 30.7. The van der Waals surface area contributed by atoms with Gasteiger partial charge >= 0.3 is 0 Å². The van der Waals surface area contributed by atoms with Crippen LogP contribution in [0, 0.1) is 5.92 Å². The van der Waals surface area contributed by atoms with Crippen LogP contribution in [0.2, 0.25) is 0 Å². The van der Waals surface area contributed by atoms with Crippen LogP contribution in [0.1, 0.15) is 39.0 Å². The molecule has 0 bridgehead atoms. The summed E-state index contributed by atoms with van der Waals surface area (Å²) < 4.78 is 0. The highest BCUT2D eigenvalue weighted by atomic mass is 14.6. The van der Waals surface area contributed by atoms with Gasteiger partial charge in [-0.3, -0.25) is 0 Å². The van der Waals surface area contributed by atoms with Crippen molar-refractivity contribution in [3.63, 3.8) is 0 Å². The summed E-state index contributed by atoms with van der Waals surface area (Å²) in [5, 5.41) is 0. The minimum absolute atomic E-state index is 0.491. The number of nitrogens with two attached hydrogens (primary N) is 1. The summed E-state index contributed by atoms with van der Waals surface area (Å²) in [5.41, 5.74) is 7.12. The number of rotatable bonds is 3. The van der Waals surface area contributed by atoms with Crippen molar-refractivity contribution in [3.05, 3.63) is 12.2 Å². The van der Waals surface area contributed by atoms with E-state index in [2.05, 4.69) is 13.5 Å². The number of allylic oxidation sites excluding steroid dienone is 1. The first kappa shape index (κ1) is 8.79. The Morgan fingerprint density at radius 2 is 2.27 bits per heavy atom. The highest BCUT2D eigenvalue weighted by Crippen LogP contribution is 2.28. The average molecular weight is 153 g/mol. The SMILES string of the molecule is C=C(C)CCC1CCC(N)C1. The molecule has 0 aromatic carbocycles. The van der Waals surface area contributed by atoms with E-state index < -0.39 is 0 Å². The Hall–Kier alpha value is -0.300. The first-order valence-corrected chi connectivity index (χ1v) is 4.58. The lowest BCUT2D eigenvalue weighted by Gasteiger charge is -2.07. The molecule has 0 radical (unpaired) electrons. The summed E-state index contributed by atoms with van der Waals surface area (Å²) in [5.74, 6) is 0.890. The molecule has 1 fully saturated rings. The van der Waals surface area contributed by atoms with E-state index in [0.717, 1.165) is 5.92 Å². The van der Waals surface area contributed by atoms with E-state index in [0.29, 0.717) is 6.04 Å². The molecule has 2 N–H and O–H groups in total. The van der Waals surface area contributed by atoms with Gasteiger partial charge in [-0.2, -0.15) is 0 Å². The molecule has 0 spiro atoms. The van der Waals surface area contributed by atoms with E-state index in [-0.39, 0.29) is 0 Å². The molecular formula is C10H19N. The zero-order chi connectivity index (χ0) is 8.27. The fraction of sp³-hybridized carbons (Fsp3) is 0.800. The van der Waals surface area contributed by atoms with E-state index >= 15 is 0 Å². The molecule has 1 aliphatic carbocycles. The summed E-state index contributed by atoms with van der Waals surface area (Å²) in [6.07, 6.45) is 6.32. The Morgan fingerprint density at radius 3 is 2.73 bits per heavy atom. The van der Waals surface area contributed by atoms with E-state index in [4.69, 9.17) is 5.73 Å². The van der Waals surface area contributed by atoms with Crippen molar-refractivity contribution < 1.29 is 0 Å². The highest BCUT2D eigenvalue weighted by Gasteiger charge is 2.20. The van der Waals surface area contributed by atoms with Gasteiger partial charge in [0.1, 0.15) is 0 Å². The first-order valence-electron chi connectivity index (χ1n) is 4.58. The summed E-state index contributed by atoms with van der Waals surface area (Å²) in [7, 11) is 0. The maximum atomic E-state index is 5.81. The van der Waals surface area contributed by atoms with Gasteiger partial charge < -0.3 is 5.73 Å². The molecule has 1 aliphatic rings. The van der Waals surface area contributed by atoms with Crippen molar-refractivity contribution in [1.82, 2.24) is 0 Å². The minimum atomic E-state index is 0.491. The van der Waals surface area contributed by atoms with Crippen LogP contribution in [-0.4, -0.2) is 6.04 Å². The minimum Gasteiger partial charge on any atom is -0.328 e. The molecule has 0 aromatic rings. The van der Waals surface area contributed by atoms with Crippen LogP contribution in [0.5, 0.6) is 0 Å². The molecule has 0 aromatic heterocycles. The molecule has 11 heavy (non-hydrogen) atoms. The molecule has 0 heterocycles. The molecule has 2 atom stereocenters. The van der Waals surface area contributed by atoms with Crippen LogP contribution in [0.4, 0.5) is 0 Å². The standard InChI is InChI=1S/C10H19N/c1-8(2)3-4-9-5-6-10(11)7-9/h9-10H,1,3-7,11H2,2H3. The van der Waals surface area contributed by atoms with Crippen molar-refractivity contribution in [2.45, 2.75) is 45.1 Å². The van der Waals surface area contributed by atoms with Crippen LogP contribution in [0.25, 0.3) is 0 Å². The summed E-state index contributed by atoms with van der Waals surface area (Å²) in [6, 6.07) is 0.491. The van der Waals surface area contributed by atoms with Gasteiger partial charge in [-0.25, -0.2) is 0 Å². The van der Waals surface area contributed by atoms with Gasteiger partial charge in [0.05, 0.1) is 0 Å². The van der Waals surface area contributed by atoms with Crippen molar-refractivity contribution in [2.75, 3.05) is 0 Å². The molecule has 1 saturated carbocycles. The maximum Gasteiger partial charge on any atom is 0.00415 e. The molecule has 0 amide bonds. The quantitative estimate of drug-likeness (QED) is 0.619. The second kappa shape index (κ2) is 3.91. The molecule has 1 rings (SSSR count). The molecule has 0 saturated heterocycles. The average Bonchev–Trinajstić information content (AvgIpc) is 2.31. The zero-order valence-electron chi connectivity index (χ0n) is 7.47. The topological polar surface area (TPSA) is 26.0 Å². The Labute approximate surface area is 69.7 Å². The van der Waals surface area contributed by atoms with Crippen LogP contribution in [0.3, 0.4) is 0 Å². The van der Waals surface area contributed by atoms with Gasteiger partial charge in [0.25, 0.3) is 0 Å². The van der Waals surface area contributed by atoms with Gasteiger partial charge in [-0.05, 0) is 44.9 Å². The molecule has 64 valence electrons. The fourth-order valence-corrected chi connectivity index (χ4v) is 1.83. The number of hydrogen-bond acceptors (Lipinski definition) is 1. The summed E-state index contributed by atoms with van der Waals surface area (Å²) >= 11 is 0. The van der Waals surface area contributed by atoms with Gasteiger partial charge in [-0.15, -0.1) is 6.58 Å². The molecular weight excluding hydrogens is 134 g/mol. The van der Waals surface area contributed by atoms with Crippen molar-refractivity contribution in [2.24, 2.45) is 11.7 Å². The van der Waals surface area contributed by atoms with Crippen LogP contribution in [-0.2, 0) is 0 Å². The maximum absolute atomic E-state index is 5.81. The third kappa shape index (κ3) is 3.06. The second-order valence-corrected chi connectivity index (χ2v) is 3.93. The number of hydrogen-bond donors (Lipinski definition) is 1. The lowest BCUT2D eigenvalue weighted by molar-refractivity contribution is 0.494. The second-order valence-electron chi connectivity index (χ2n) is 3.93. The zero-order valence-corrected chi connectivity index (χ0v) is 7.47.